The van der Waals surface area contributed by atoms with Gasteiger partial charge in [0.2, 0.25) is 0 Å². The van der Waals surface area contributed by atoms with Crippen molar-refractivity contribution < 1.29 is 19.0 Å². The predicted molar refractivity (Wildman–Crippen MR) is 106 cm³/mol. The van der Waals surface area contributed by atoms with E-state index in [0.717, 1.165) is 21.5 Å². The van der Waals surface area contributed by atoms with Gasteiger partial charge in [0.05, 0.1) is 26.0 Å². The Labute approximate surface area is 161 Å². The van der Waals surface area contributed by atoms with E-state index in [2.05, 4.69) is 4.99 Å². The number of carbonyl (C=O) groups excluding carboxylic acids is 1. The number of aromatic nitrogens is 1. The first-order valence-electron chi connectivity index (χ1n) is 8.51. The van der Waals surface area contributed by atoms with E-state index >= 15 is 0 Å². The van der Waals surface area contributed by atoms with E-state index in [4.69, 9.17) is 14.2 Å². The van der Waals surface area contributed by atoms with Gasteiger partial charge in [-0.2, -0.15) is 4.99 Å². The average Bonchev–Trinajstić information content (AvgIpc) is 3.06. The molecule has 0 bridgehead atoms. The third-order valence-corrected chi connectivity index (χ3v) is 5.53. The smallest absolute Gasteiger partial charge is 0.279 e. The molecule has 1 aromatic heterocycles. The first-order chi connectivity index (χ1) is 13.0. The molecule has 0 unspecified atom stereocenters. The van der Waals surface area contributed by atoms with Crippen LogP contribution in [0, 0.1) is 6.92 Å². The van der Waals surface area contributed by atoms with Crippen molar-refractivity contribution in [1.82, 2.24) is 4.57 Å². The Morgan fingerprint density at radius 2 is 1.74 bits per heavy atom. The largest absolute Gasteiger partial charge is 0.497 e. The fraction of sp³-hybridized carbons (Fsp3) is 0.300. The highest BCUT2D eigenvalue weighted by atomic mass is 32.1. The SMILES string of the molecule is CCn1c(=NC(=O)c2cc(OC)cc(OC)c2)sc2c(C)ccc(OC)c21. The molecule has 0 atom stereocenters. The molecule has 3 rings (SSSR count). The molecule has 2 aromatic carbocycles. The standard InChI is InChI=1S/C20H22N2O4S/c1-6-22-17-16(26-5)8-7-12(2)18(17)27-20(22)21-19(23)13-9-14(24-3)11-15(10-13)25-4/h7-11H,6H2,1-5H3. The summed E-state index contributed by atoms with van der Waals surface area (Å²) < 4.78 is 19.1. The van der Waals surface area contributed by atoms with Gasteiger partial charge >= 0.3 is 0 Å². The minimum atomic E-state index is -0.349. The van der Waals surface area contributed by atoms with E-state index in [0.29, 0.717) is 28.4 Å². The van der Waals surface area contributed by atoms with Gasteiger partial charge in [-0.25, -0.2) is 0 Å². The second-order valence-electron chi connectivity index (χ2n) is 5.91. The molecule has 0 aliphatic heterocycles. The van der Waals surface area contributed by atoms with E-state index in [-0.39, 0.29) is 5.91 Å². The maximum absolute atomic E-state index is 12.8. The molecular formula is C20H22N2O4S. The number of hydrogen-bond acceptors (Lipinski definition) is 5. The maximum atomic E-state index is 12.8. The first-order valence-corrected chi connectivity index (χ1v) is 9.33. The molecule has 1 amide bonds. The Bertz CT molecular complexity index is 1040. The number of nitrogens with zero attached hydrogens (tertiary/aromatic N) is 2. The topological polar surface area (TPSA) is 62.1 Å². The second-order valence-corrected chi connectivity index (χ2v) is 6.89. The van der Waals surface area contributed by atoms with E-state index in [1.165, 1.54) is 11.3 Å². The molecule has 0 aliphatic rings. The van der Waals surface area contributed by atoms with Crippen molar-refractivity contribution in [2.45, 2.75) is 20.4 Å². The quantitative estimate of drug-likeness (QED) is 0.669. The summed E-state index contributed by atoms with van der Waals surface area (Å²) in [5, 5.41) is 0. The fourth-order valence-corrected chi connectivity index (χ4v) is 4.08. The normalized spacial score (nSPS) is 11.7. The predicted octanol–water partition coefficient (Wildman–Crippen LogP) is 3.80. The molecule has 0 saturated heterocycles. The highest BCUT2D eigenvalue weighted by Crippen LogP contribution is 2.30. The van der Waals surface area contributed by atoms with Crippen molar-refractivity contribution in [3.8, 4) is 17.2 Å². The number of methoxy groups -OCH3 is 3. The lowest BCUT2D eigenvalue weighted by Crippen LogP contribution is -2.16. The van der Waals surface area contributed by atoms with Crippen LogP contribution in [0.25, 0.3) is 10.2 Å². The minimum Gasteiger partial charge on any atom is -0.497 e. The van der Waals surface area contributed by atoms with Crippen LogP contribution >= 0.6 is 11.3 Å². The van der Waals surface area contributed by atoms with Crippen molar-refractivity contribution in [2.24, 2.45) is 4.99 Å². The maximum Gasteiger partial charge on any atom is 0.279 e. The van der Waals surface area contributed by atoms with Gasteiger partial charge < -0.3 is 18.8 Å². The molecule has 27 heavy (non-hydrogen) atoms. The van der Waals surface area contributed by atoms with Crippen LogP contribution in [0.15, 0.2) is 35.3 Å². The molecule has 1 heterocycles. The van der Waals surface area contributed by atoms with Crippen LogP contribution in [0.2, 0.25) is 0 Å². The molecule has 142 valence electrons. The van der Waals surface area contributed by atoms with E-state index in [1.807, 2.05) is 30.5 Å². The summed E-state index contributed by atoms with van der Waals surface area (Å²) in [6.45, 7) is 4.73. The van der Waals surface area contributed by atoms with Crippen LogP contribution in [0.4, 0.5) is 0 Å². The van der Waals surface area contributed by atoms with E-state index in [1.54, 1.807) is 39.5 Å². The number of carbonyl (C=O) groups is 1. The van der Waals surface area contributed by atoms with Crippen molar-refractivity contribution in [3.63, 3.8) is 0 Å². The van der Waals surface area contributed by atoms with Crippen LogP contribution in [0.1, 0.15) is 22.8 Å². The zero-order chi connectivity index (χ0) is 19.6. The Morgan fingerprint density at radius 3 is 2.30 bits per heavy atom. The Hall–Kier alpha value is -2.80. The summed E-state index contributed by atoms with van der Waals surface area (Å²) in [7, 11) is 4.74. The molecule has 0 spiro atoms. The second kappa shape index (κ2) is 7.84. The Kier molecular flexibility index (Phi) is 5.51. The number of rotatable bonds is 5. The summed E-state index contributed by atoms with van der Waals surface area (Å²) in [4.78, 5) is 17.8. The van der Waals surface area contributed by atoms with Crippen molar-refractivity contribution in [2.75, 3.05) is 21.3 Å². The van der Waals surface area contributed by atoms with Gasteiger partial charge in [0.1, 0.15) is 22.8 Å². The molecule has 6 nitrogen and oxygen atoms in total. The van der Waals surface area contributed by atoms with E-state index in [9.17, 15) is 4.79 Å². The third-order valence-electron chi connectivity index (χ3n) is 4.32. The van der Waals surface area contributed by atoms with Crippen LogP contribution in [0.3, 0.4) is 0 Å². The summed E-state index contributed by atoms with van der Waals surface area (Å²) in [6.07, 6.45) is 0. The lowest BCUT2D eigenvalue weighted by Gasteiger charge is -2.07. The monoisotopic (exact) mass is 386 g/mol. The van der Waals surface area contributed by atoms with Crippen molar-refractivity contribution in [3.05, 3.63) is 46.3 Å². The van der Waals surface area contributed by atoms with Crippen LogP contribution in [-0.2, 0) is 6.54 Å². The van der Waals surface area contributed by atoms with Gasteiger partial charge in [0.15, 0.2) is 4.80 Å². The number of amides is 1. The first kappa shape index (κ1) is 19.0. The van der Waals surface area contributed by atoms with Crippen molar-refractivity contribution in [1.29, 1.82) is 0 Å². The molecule has 0 fully saturated rings. The number of hydrogen-bond donors (Lipinski definition) is 0. The molecule has 3 aromatic rings. The van der Waals surface area contributed by atoms with Gasteiger partial charge in [-0.3, -0.25) is 4.79 Å². The molecule has 0 N–H and O–H groups in total. The molecule has 0 radical (unpaired) electrons. The third kappa shape index (κ3) is 3.55. The summed E-state index contributed by atoms with van der Waals surface area (Å²) in [6, 6.07) is 8.98. The van der Waals surface area contributed by atoms with E-state index < -0.39 is 0 Å². The average molecular weight is 386 g/mol. The Morgan fingerprint density at radius 1 is 1.07 bits per heavy atom. The van der Waals surface area contributed by atoms with Gasteiger partial charge in [-0.1, -0.05) is 17.4 Å². The number of thiazole rings is 1. The van der Waals surface area contributed by atoms with Crippen LogP contribution in [0.5, 0.6) is 17.2 Å². The lowest BCUT2D eigenvalue weighted by atomic mass is 10.2. The zero-order valence-electron chi connectivity index (χ0n) is 16.0. The molecule has 0 aliphatic carbocycles. The summed E-state index contributed by atoms with van der Waals surface area (Å²) in [5.41, 5.74) is 2.49. The van der Waals surface area contributed by atoms with Gasteiger partial charge in [-0.15, -0.1) is 0 Å². The molecule has 7 heteroatoms. The number of benzene rings is 2. The van der Waals surface area contributed by atoms with Gasteiger partial charge in [0, 0.05) is 18.2 Å². The number of aryl methyl sites for hydroxylation is 2. The van der Waals surface area contributed by atoms with Crippen LogP contribution < -0.4 is 19.0 Å². The van der Waals surface area contributed by atoms with Crippen molar-refractivity contribution >= 4 is 27.5 Å². The number of ether oxygens (including phenoxy) is 3. The Balaban J connectivity index is 2.19. The number of fused-ring (bicyclic) bond motifs is 1. The minimum absolute atomic E-state index is 0.349. The summed E-state index contributed by atoms with van der Waals surface area (Å²) in [5.74, 6) is 1.51. The zero-order valence-corrected chi connectivity index (χ0v) is 16.8. The van der Waals surface area contributed by atoms with Gasteiger partial charge in [0.25, 0.3) is 5.91 Å². The molecular weight excluding hydrogens is 364 g/mol. The highest BCUT2D eigenvalue weighted by Gasteiger charge is 2.15. The highest BCUT2D eigenvalue weighted by molar-refractivity contribution is 7.16. The fourth-order valence-electron chi connectivity index (χ4n) is 2.90. The molecule has 0 saturated carbocycles. The van der Waals surface area contributed by atoms with Crippen LogP contribution in [-0.4, -0.2) is 31.8 Å². The summed E-state index contributed by atoms with van der Waals surface area (Å²) >= 11 is 1.48. The van der Waals surface area contributed by atoms with Gasteiger partial charge in [-0.05, 0) is 37.6 Å². The lowest BCUT2D eigenvalue weighted by molar-refractivity contribution is 0.0997.